The first kappa shape index (κ1) is 25.5. The van der Waals surface area contributed by atoms with Gasteiger partial charge in [0.2, 0.25) is 0 Å². The Balaban J connectivity index is 1.61. The lowest BCUT2D eigenvalue weighted by molar-refractivity contribution is 0.112. The Kier molecular flexibility index (Phi) is 5.50. The molecule has 0 saturated carbocycles. The van der Waals surface area contributed by atoms with Gasteiger partial charge in [-0.1, -0.05) is 27.7 Å². The molecule has 200 valence electrons. The van der Waals surface area contributed by atoms with E-state index in [0.717, 1.165) is 37.2 Å². The summed E-state index contributed by atoms with van der Waals surface area (Å²) in [5.74, 6) is 0.503. The fraction of sp³-hybridized carbons (Fsp3) is 0.355. The molecule has 0 unspecified atom stereocenters. The number of hydrogen-bond acceptors (Lipinski definition) is 8. The second-order valence-corrected chi connectivity index (χ2v) is 12.0. The van der Waals surface area contributed by atoms with Crippen LogP contribution in [0.1, 0.15) is 73.4 Å². The van der Waals surface area contributed by atoms with E-state index in [-0.39, 0.29) is 45.2 Å². The summed E-state index contributed by atoms with van der Waals surface area (Å²) in [7, 11) is 0. The summed E-state index contributed by atoms with van der Waals surface area (Å²) in [4.78, 5) is 23.7. The van der Waals surface area contributed by atoms with Crippen LogP contribution in [-0.2, 0) is 10.8 Å². The van der Waals surface area contributed by atoms with Gasteiger partial charge in [-0.25, -0.2) is 9.98 Å². The third-order valence-corrected chi connectivity index (χ3v) is 8.63. The Labute approximate surface area is 232 Å². The molecular formula is C31H29N7O2. The molecular weight excluding hydrogens is 502 g/mol. The molecule has 0 radical (unpaired) electrons. The summed E-state index contributed by atoms with van der Waals surface area (Å²) in [6, 6.07) is 10.7. The summed E-state index contributed by atoms with van der Waals surface area (Å²) in [6.45, 7) is 13.2. The SMILES string of the molecule is Cc1c(N=C2C(C#N)=C(C#N)c3nc(-c4cc(O)ccc4C=O)nn32)cc2c3c1C(C)(C)CCN3CCC2(C)C. The highest BCUT2D eigenvalue weighted by Crippen LogP contribution is 2.52. The number of allylic oxidation sites excluding steroid dienone is 2. The molecule has 4 heterocycles. The topological polar surface area (TPSA) is 131 Å². The molecule has 3 aromatic rings. The molecule has 0 bridgehead atoms. The van der Waals surface area contributed by atoms with Gasteiger partial charge in [-0.15, -0.1) is 5.10 Å². The molecule has 6 rings (SSSR count). The number of anilines is 1. The summed E-state index contributed by atoms with van der Waals surface area (Å²) in [6.07, 6.45) is 2.72. The van der Waals surface area contributed by atoms with Gasteiger partial charge < -0.3 is 10.0 Å². The molecule has 0 spiro atoms. The number of phenolic OH excluding ortho intramolecular Hbond substituents is 1. The van der Waals surface area contributed by atoms with Crippen molar-refractivity contribution in [3.8, 4) is 29.3 Å². The van der Waals surface area contributed by atoms with Gasteiger partial charge in [-0.05, 0) is 71.6 Å². The molecule has 3 aliphatic heterocycles. The molecule has 40 heavy (non-hydrogen) atoms. The van der Waals surface area contributed by atoms with E-state index in [1.807, 2.05) is 0 Å². The first-order chi connectivity index (χ1) is 19.0. The van der Waals surface area contributed by atoms with Gasteiger partial charge in [0, 0.05) is 29.9 Å². The van der Waals surface area contributed by atoms with E-state index in [9.17, 15) is 20.4 Å². The number of aldehydes is 1. The maximum atomic E-state index is 11.7. The smallest absolute Gasteiger partial charge is 0.183 e. The van der Waals surface area contributed by atoms with Crippen LogP contribution in [0.5, 0.6) is 5.75 Å². The zero-order valence-corrected chi connectivity index (χ0v) is 23.2. The van der Waals surface area contributed by atoms with Gasteiger partial charge >= 0.3 is 0 Å². The molecule has 9 nitrogen and oxygen atoms in total. The van der Waals surface area contributed by atoms with Crippen LogP contribution in [0.15, 0.2) is 34.8 Å². The molecule has 1 aromatic heterocycles. The number of benzene rings is 2. The molecule has 0 aliphatic carbocycles. The molecule has 0 atom stereocenters. The number of nitriles is 2. The van der Waals surface area contributed by atoms with Gasteiger partial charge in [-0.3, -0.25) is 4.79 Å². The van der Waals surface area contributed by atoms with Gasteiger partial charge in [-0.2, -0.15) is 15.2 Å². The van der Waals surface area contributed by atoms with E-state index < -0.39 is 0 Å². The number of nitrogens with zero attached hydrogens (tertiary/aromatic N) is 7. The standard InChI is InChI=1S/C31H29N7O2/c1-17-24(13-23-26-25(17)31(4,5)9-11-37(26)10-8-30(23,2)3)34-28-21(14-32)22(15-33)29-35-27(36-38(28)29)20-12-19(40)7-6-18(20)16-39/h6-7,12-13,16,40H,8-11H2,1-5H3. The highest BCUT2D eigenvalue weighted by molar-refractivity contribution is 6.17. The van der Waals surface area contributed by atoms with Crippen LogP contribution in [0.2, 0.25) is 0 Å². The minimum absolute atomic E-state index is 0.0452. The van der Waals surface area contributed by atoms with Crippen LogP contribution in [0.3, 0.4) is 0 Å². The van der Waals surface area contributed by atoms with Crippen molar-refractivity contribution < 1.29 is 9.90 Å². The number of phenols is 1. The number of aromatic nitrogens is 3. The van der Waals surface area contributed by atoms with Crippen LogP contribution in [-0.4, -0.2) is 45.1 Å². The highest BCUT2D eigenvalue weighted by atomic mass is 16.3. The molecule has 2 aromatic carbocycles. The number of rotatable bonds is 3. The molecule has 9 heteroatoms. The van der Waals surface area contributed by atoms with Crippen LogP contribution in [0, 0.1) is 29.6 Å². The second-order valence-electron chi connectivity index (χ2n) is 12.0. The van der Waals surface area contributed by atoms with Crippen LogP contribution < -0.4 is 4.90 Å². The fourth-order valence-electron chi connectivity index (χ4n) is 6.30. The average Bonchev–Trinajstić information content (AvgIpc) is 3.45. The molecule has 0 saturated heterocycles. The van der Waals surface area contributed by atoms with Crippen molar-refractivity contribution in [3.05, 3.63) is 57.9 Å². The minimum Gasteiger partial charge on any atom is -0.508 e. The van der Waals surface area contributed by atoms with E-state index in [2.05, 4.69) is 67.8 Å². The predicted molar refractivity (Wildman–Crippen MR) is 152 cm³/mol. The van der Waals surface area contributed by atoms with Crippen molar-refractivity contribution in [1.82, 2.24) is 14.8 Å². The van der Waals surface area contributed by atoms with Crippen molar-refractivity contribution >= 4 is 29.1 Å². The number of aromatic hydroxyl groups is 1. The lowest BCUT2D eigenvalue weighted by atomic mass is 9.68. The molecule has 0 amide bonds. The Hall–Kier alpha value is -4.76. The Morgan fingerprint density at radius 2 is 1.75 bits per heavy atom. The third-order valence-electron chi connectivity index (χ3n) is 8.63. The van der Waals surface area contributed by atoms with Crippen molar-refractivity contribution in [2.24, 2.45) is 4.99 Å². The second kappa shape index (κ2) is 8.62. The van der Waals surface area contributed by atoms with Gasteiger partial charge in [0.1, 0.15) is 29.0 Å². The number of hydrogen-bond donors (Lipinski definition) is 1. The number of fused-ring (bicyclic) bond motifs is 1. The third kappa shape index (κ3) is 3.58. The van der Waals surface area contributed by atoms with Crippen molar-refractivity contribution in [2.45, 2.75) is 58.3 Å². The van der Waals surface area contributed by atoms with Gasteiger partial charge in [0.15, 0.2) is 23.8 Å². The normalized spacial score (nSPS) is 19.2. The van der Waals surface area contributed by atoms with E-state index in [0.29, 0.717) is 17.4 Å². The van der Waals surface area contributed by atoms with Gasteiger partial charge in [0.05, 0.1) is 5.69 Å². The van der Waals surface area contributed by atoms with E-state index >= 15 is 0 Å². The Morgan fingerprint density at radius 1 is 1.05 bits per heavy atom. The molecule has 1 N–H and O–H groups in total. The fourth-order valence-corrected chi connectivity index (χ4v) is 6.30. The zero-order valence-electron chi connectivity index (χ0n) is 23.2. The summed E-state index contributed by atoms with van der Waals surface area (Å²) in [5, 5.41) is 34.7. The minimum atomic E-state index is -0.0538. The van der Waals surface area contributed by atoms with Crippen molar-refractivity contribution in [2.75, 3.05) is 18.0 Å². The quantitative estimate of drug-likeness (QED) is 0.452. The van der Waals surface area contributed by atoms with E-state index in [4.69, 9.17) is 4.99 Å². The van der Waals surface area contributed by atoms with Crippen LogP contribution >= 0.6 is 0 Å². The van der Waals surface area contributed by atoms with Crippen LogP contribution in [0.25, 0.3) is 17.0 Å². The zero-order chi connectivity index (χ0) is 28.6. The van der Waals surface area contributed by atoms with E-state index in [1.165, 1.54) is 39.7 Å². The summed E-state index contributed by atoms with van der Waals surface area (Å²) < 4.78 is 1.40. The number of carbonyl (C=O) groups excluding carboxylic acids is 1. The highest BCUT2D eigenvalue weighted by Gasteiger charge is 2.42. The Bertz CT molecular complexity index is 1770. The largest absolute Gasteiger partial charge is 0.508 e. The number of aliphatic imine (C=N–C) groups is 1. The van der Waals surface area contributed by atoms with Gasteiger partial charge in [0.25, 0.3) is 0 Å². The van der Waals surface area contributed by atoms with Crippen molar-refractivity contribution in [3.63, 3.8) is 0 Å². The lowest BCUT2D eigenvalue weighted by Gasteiger charge is -2.49. The van der Waals surface area contributed by atoms with E-state index in [1.54, 1.807) is 0 Å². The first-order valence-corrected chi connectivity index (χ1v) is 13.3. The predicted octanol–water partition coefficient (Wildman–Crippen LogP) is 5.33. The summed E-state index contributed by atoms with van der Waals surface area (Å²) >= 11 is 0. The first-order valence-electron chi connectivity index (χ1n) is 13.3. The maximum Gasteiger partial charge on any atom is 0.183 e. The van der Waals surface area contributed by atoms with Crippen LogP contribution in [0.4, 0.5) is 11.4 Å². The maximum absolute atomic E-state index is 11.7. The number of carbonyl (C=O) groups is 1. The lowest BCUT2D eigenvalue weighted by Crippen LogP contribution is -2.45. The molecule has 0 fully saturated rings. The average molecular weight is 532 g/mol. The monoisotopic (exact) mass is 531 g/mol. The van der Waals surface area contributed by atoms with Crippen molar-refractivity contribution in [1.29, 1.82) is 10.5 Å². The molecule has 3 aliphatic rings. The summed E-state index contributed by atoms with van der Waals surface area (Å²) in [5.41, 5.74) is 6.27. The Morgan fingerprint density at radius 3 is 2.42 bits per heavy atom.